The molecule has 0 N–H and O–H groups in total. The van der Waals surface area contributed by atoms with E-state index in [1.54, 1.807) is 0 Å². The highest BCUT2D eigenvalue weighted by molar-refractivity contribution is 5.54. The average Bonchev–Trinajstić information content (AvgIpc) is 2.98. The Hall–Kier alpha value is -1.68. The maximum Gasteiger partial charge on any atom is 0.227 e. The molecule has 0 atom stereocenters. The number of piperidine rings is 1. The van der Waals surface area contributed by atoms with Gasteiger partial charge in [-0.2, -0.15) is 4.98 Å². The van der Waals surface area contributed by atoms with E-state index >= 15 is 0 Å². The van der Waals surface area contributed by atoms with Crippen LogP contribution >= 0.6 is 0 Å². The molecule has 0 radical (unpaired) electrons. The van der Waals surface area contributed by atoms with Crippen molar-refractivity contribution < 1.29 is 4.52 Å². The second kappa shape index (κ2) is 6.85. The molecule has 1 aromatic heterocycles. The van der Waals surface area contributed by atoms with Gasteiger partial charge >= 0.3 is 0 Å². The fourth-order valence-corrected chi connectivity index (χ4v) is 2.81. The highest BCUT2D eigenvalue weighted by atomic mass is 16.5. The van der Waals surface area contributed by atoms with Gasteiger partial charge in [0, 0.05) is 12.0 Å². The number of rotatable bonds is 5. The zero-order chi connectivity index (χ0) is 14.5. The van der Waals surface area contributed by atoms with E-state index in [4.69, 9.17) is 4.52 Å². The number of aromatic nitrogens is 2. The maximum atomic E-state index is 5.36. The molecule has 0 spiro atoms. The molecule has 0 aliphatic carbocycles. The Balaban J connectivity index is 1.51. The Bertz CT molecular complexity index is 556. The summed E-state index contributed by atoms with van der Waals surface area (Å²) in [6, 6.07) is 8.22. The number of benzene rings is 1. The molecule has 4 heteroatoms. The highest BCUT2D eigenvalue weighted by Gasteiger charge is 2.11. The second-order valence-corrected chi connectivity index (χ2v) is 5.88. The molecule has 1 fully saturated rings. The lowest BCUT2D eigenvalue weighted by atomic mass is 10.1. The Morgan fingerprint density at radius 2 is 1.86 bits per heavy atom. The first kappa shape index (κ1) is 14.3. The molecule has 21 heavy (non-hydrogen) atoms. The van der Waals surface area contributed by atoms with Gasteiger partial charge in [0.2, 0.25) is 11.7 Å². The summed E-state index contributed by atoms with van der Waals surface area (Å²) >= 11 is 0. The summed E-state index contributed by atoms with van der Waals surface area (Å²) in [7, 11) is 0. The number of hydrogen-bond donors (Lipinski definition) is 0. The lowest BCUT2D eigenvalue weighted by molar-refractivity contribution is 0.223. The van der Waals surface area contributed by atoms with Crippen LogP contribution in [-0.4, -0.2) is 34.7 Å². The van der Waals surface area contributed by atoms with Crippen LogP contribution < -0.4 is 0 Å². The van der Waals surface area contributed by atoms with Gasteiger partial charge in [-0.1, -0.05) is 41.4 Å². The zero-order valence-electron chi connectivity index (χ0n) is 12.7. The summed E-state index contributed by atoms with van der Waals surface area (Å²) in [5.41, 5.74) is 2.26. The summed E-state index contributed by atoms with van der Waals surface area (Å²) in [6.45, 7) is 5.71. The first-order chi connectivity index (χ1) is 10.3. The molecule has 4 nitrogen and oxygen atoms in total. The predicted molar refractivity (Wildman–Crippen MR) is 83.1 cm³/mol. The quantitative estimate of drug-likeness (QED) is 0.843. The molecule has 1 aliphatic rings. The molecule has 0 saturated carbocycles. The van der Waals surface area contributed by atoms with Gasteiger partial charge in [0.15, 0.2) is 0 Å². The Kier molecular flexibility index (Phi) is 4.65. The third kappa shape index (κ3) is 3.91. The highest BCUT2D eigenvalue weighted by Crippen LogP contribution is 2.17. The molecular formula is C17H23N3O. The predicted octanol–water partition coefficient (Wildman–Crippen LogP) is 3.46. The van der Waals surface area contributed by atoms with Crippen molar-refractivity contribution in [2.24, 2.45) is 0 Å². The maximum absolute atomic E-state index is 5.36. The molecular weight excluding hydrogens is 262 g/mol. The summed E-state index contributed by atoms with van der Waals surface area (Å²) in [5.74, 6) is 1.45. The van der Waals surface area contributed by atoms with Crippen LogP contribution in [0.1, 0.15) is 37.1 Å². The van der Waals surface area contributed by atoms with Gasteiger partial charge in [-0.25, -0.2) is 0 Å². The molecule has 2 aromatic rings. The molecule has 3 rings (SSSR count). The summed E-state index contributed by atoms with van der Waals surface area (Å²) in [4.78, 5) is 7.04. The van der Waals surface area contributed by atoms with Gasteiger partial charge in [0.1, 0.15) is 0 Å². The monoisotopic (exact) mass is 285 g/mol. The normalized spacial score (nSPS) is 16.2. The third-order valence-corrected chi connectivity index (χ3v) is 4.09. The lowest BCUT2D eigenvalue weighted by Gasteiger charge is -2.25. The van der Waals surface area contributed by atoms with Gasteiger partial charge in [0.25, 0.3) is 0 Å². The first-order valence-electron chi connectivity index (χ1n) is 7.93. The van der Waals surface area contributed by atoms with Crippen LogP contribution in [0.3, 0.4) is 0 Å². The molecule has 1 saturated heterocycles. The number of hydrogen-bond acceptors (Lipinski definition) is 4. The van der Waals surface area contributed by atoms with Crippen LogP contribution in [0.4, 0.5) is 0 Å². The SMILES string of the molecule is Cc1ccc(-c2noc(CCCN3CCCCC3)n2)cc1. The summed E-state index contributed by atoms with van der Waals surface area (Å²) in [5, 5.41) is 4.08. The van der Waals surface area contributed by atoms with Gasteiger partial charge in [0.05, 0.1) is 0 Å². The van der Waals surface area contributed by atoms with E-state index in [1.165, 1.54) is 37.9 Å². The molecule has 0 amide bonds. The van der Waals surface area contributed by atoms with Gasteiger partial charge in [-0.15, -0.1) is 0 Å². The molecule has 1 aliphatic heterocycles. The van der Waals surface area contributed by atoms with E-state index < -0.39 is 0 Å². The Morgan fingerprint density at radius 1 is 1.10 bits per heavy atom. The molecule has 0 unspecified atom stereocenters. The van der Waals surface area contributed by atoms with Crippen LogP contribution in [0.25, 0.3) is 11.4 Å². The fraction of sp³-hybridized carbons (Fsp3) is 0.529. The van der Waals surface area contributed by atoms with Crippen molar-refractivity contribution in [2.45, 2.75) is 39.0 Å². The van der Waals surface area contributed by atoms with Gasteiger partial charge in [-0.3, -0.25) is 0 Å². The Morgan fingerprint density at radius 3 is 2.62 bits per heavy atom. The van der Waals surface area contributed by atoms with Gasteiger partial charge < -0.3 is 9.42 Å². The summed E-state index contributed by atoms with van der Waals surface area (Å²) < 4.78 is 5.36. The number of nitrogens with zero attached hydrogens (tertiary/aromatic N) is 3. The van der Waals surface area contributed by atoms with Crippen LogP contribution in [0.2, 0.25) is 0 Å². The van der Waals surface area contributed by atoms with Crippen molar-refractivity contribution in [3.63, 3.8) is 0 Å². The fourth-order valence-electron chi connectivity index (χ4n) is 2.81. The van der Waals surface area contributed by atoms with Crippen LogP contribution in [-0.2, 0) is 6.42 Å². The summed E-state index contributed by atoms with van der Waals surface area (Å²) in [6.07, 6.45) is 6.04. The van der Waals surface area contributed by atoms with Crippen molar-refractivity contribution in [1.29, 1.82) is 0 Å². The molecule has 2 heterocycles. The zero-order valence-corrected chi connectivity index (χ0v) is 12.7. The standard InChI is InChI=1S/C17H23N3O/c1-14-7-9-15(10-8-14)17-18-16(21-19-17)6-5-13-20-11-3-2-4-12-20/h7-10H,2-6,11-13H2,1H3. The lowest BCUT2D eigenvalue weighted by Crippen LogP contribution is -2.30. The van der Waals surface area contributed by atoms with Crippen molar-refractivity contribution in [1.82, 2.24) is 15.0 Å². The van der Waals surface area contributed by atoms with E-state index in [0.29, 0.717) is 5.82 Å². The van der Waals surface area contributed by atoms with Crippen LogP contribution in [0.5, 0.6) is 0 Å². The van der Waals surface area contributed by atoms with E-state index in [1.807, 2.05) is 12.1 Å². The minimum absolute atomic E-state index is 0.697. The third-order valence-electron chi connectivity index (χ3n) is 4.09. The Labute approximate surface area is 126 Å². The van der Waals surface area contributed by atoms with Crippen LogP contribution in [0.15, 0.2) is 28.8 Å². The second-order valence-electron chi connectivity index (χ2n) is 5.88. The van der Waals surface area contributed by atoms with E-state index in [9.17, 15) is 0 Å². The smallest absolute Gasteiger partial charge is 0.227 e. The average molecular weight is 285 g/mol. The topological polar surface area (TPSA) is 42.2 Å². The van der Waals surface area contributed by atoms with Crippen molar-refractivity contribution in [3.8, 4) is 11.4 Å². The number of likely N-dealkylation sites (tertiary alicyclic amines) is 1. The number of aryl methyl sites for hydroxylation is 2. The largest absolute Gasteiger partial charge is 0.339 e. The van der Waals surface area contributed by atoms with Crippen molar-refractivity contribution in [2.75, 3.05) is 19.6 Å². The molecule has 1 aromatic carbocycles. The first-order valence-corrected chi connectivity index (χ1v) is 7.93. The van der Waals surface area contributed by atoms with Crippen molar-refractivity contribution >= 4 is 0 Å². The van der Waals surface area contributed by atoms with E-state index in [2.05, 4.69) is 34.1 Å². The van der Waals surface area contributed by atoms with E-state index in [-0.39, 0.29) is 0 Å². The molecule has 112 valence electrons. The van der Waals surface area contributed by atoms with Gasteiger partial charge in [-0.05, 0) is 45.8 Å². The minimum Gasteiger partial charge on any atom is -0.339 e. The van der Waals surface area contributed by atoms with Crippen molar-refractivity contribution in [3.05, 3.63) is 35.7 Å². The van der Waals surface area contributed by atoms with Crippen LogP contribution in [0, 0.1) is 6.92 Å². The minimum atomic E-state index is 0.697. The molecule has 0 bridgehead atoms. The van der Waals surface area contributed by atoms with E-state index in [0.717, 1.165) is 30.8 Å².